The molecule has 0 fully saturated rings. The van der Waals surface area contributed by atoms with Gasteiger partial charge < -0.3 is 4.42 Å². The Kier molecular flexibility index (Phi) is 2.44. The van der Waals surface area contributed by atoms with Gasteiger partial charge >= 0.3 is 0 Å². The van der Waals surface area contributed by atoms with Crippen molar-refractivity contribution in [3.63, 3.8) is 0 Å². The van der Waals surface area contributed by atoms with Crippen LogP contribution in [0.25, 0.3) is 22.1 Å². The van der Waals surface area contributed by atoms with Crippen LogP contribution < -0.4 is 0 Å². The zero-order valence-corrected chi connectivity index (χ0v) is 10.6. The van der Waals surface area contributed by atoms with E-state index in [0.717, 1.165) is 14.9 Å². The van der Waals surface area contributed by atoms with Crippen molar-refractivity contribution in [2.24, 2.45) is 0 Å². The predicted molar refractivity (Wildman–Crippen MR) is 74.4 cm³/mol. The van der Waals surface area contributed by atoms with Crippen LogP contribution in [0.15, 0.2) is 59.2 Å². The molecule has 0 N–H and O–H groups in total. The highest BCUT2D eigenvalue weighted by Gasteiger charge is 2.06. The molecule has 1 heterocycles. The second kappa shape index (κ2) is 3.94. The molecule has 1 aromatic heterocycles. The van der Waals surface area contributed by atoms with Crippen molar-refractivity contribution in [2.45, 2.75) is 0 Å². The van der Waals surface area contributed by atoms with Gasteiger partial charge in [0.05, 0.1) is 9.83 Å². The third-order valence-electron chi connectivity index (χ3n) is 2.63. The Hall–Kier alpha value is -1.29. The van der Waals surface area contributed by atoms with E-state index in [2.05, 4.69) is 65.1 Å². The fourth-order valence-corrected chi connectivity index (χ4v) is 2.42. The van der Waals surface area contributed by atoms with Gasteiger partial charge in [0.1, 0.15) is 5.76 Å². The monoisotopic (exact) mass is 320 g/mol. The van der Waals surface area contributed by atoms with E-state index in [0.29, 0.717) is 0 Å². The molecule has 0 radical (unpaired) electrons. The van der Waals surface area contributed by atoms with Crippen molar-refractivity contribution in [3.8, 4) is 11.3 Å². The molecule has 16 heavy (non-hydrogen) atoms. The van der Waals surface area contributed by atoms with Gasteiger partial charge in [-0.15, -0.1) is 0 Å². The fraction of sp³-hybridized carbons (Fsp3) is 0. The number of hydrogen-bond donors (Lipinski definition) is 0. The number of benzene rings is 2. The van der Waals surface area contributed by atoms with Crippen LogP contribution in [-0.2, 0) is 0 Å². The SMILES string of the molecule is Ic1ccoc1-c1ccc2ccccc2c1. The lowest BCUT2D eigenvalue weighted by Crippen LogP contribution is -1.78. The number of rotatable bonds is 1. The smallest absolute Gasteiger partial charge is 0.147 e. The van der Waals surface area contributed by atoms with Gasteiger partial charge in [-0.3, -0.25) is 0 Å². The molecule has 0 spiro atoms. The first-order valence-corrected chi connectivity index (χ1v) is 6.14. The maximum Gasteiger partial charge on any atom is 0.147 e. The van der Waals surface area contributed by atoms with Gasteiger partial charge in [-0.25, -0.2) is 0 Å². The molecule has 0 saturated carbocycles. The molecule has 0 aliphatic rings. The molecule has 0 saturated heterocycles. The highest BCUT2D eigenvalue weighted by Crippen LogP contribution is 2.28. The first-order chi connectivity index (χ1) is 7.84. The zero-order chi connectivity index (χ0) is 11.0. The summed E-state index contributed by atoms with van der Waals surface area (Å²) in [5.74, 6) is 0.950. The molecular weight excluding hydrogens is 311 g/mol. The normalized spacial score (nSPS) is 10.8. The number of halogens is 1. The molecule has 3 rings (SSSR count). The fourth-order valence-electron chi connectivity index (χ4n) is 1.83. The minimum absolute atomic E-state index is 0.950. The van der Waals surface area contributed by atoms with Crippen molar-refractivity contribution < 1.29 is 4.42 Å². The Bertz CT molecular complexity index is 640. The molecule has 2 aromatic carbocycles. The standard InChI is InChI=1S/C14H9IO/c15-13-7-8-16-14(13)12-6-5-10-3-1-2-4-11(10)9-12/h1-9H. The van der Waals surface area contributed by atoms with Gasteiger partial charge in [0.2, 0.25) is 0 Å². The molecule has 2 heteroatoms. The lowest BCUT2D eigenvalue weighted by atomic mass is 10.1. The predicted octanol–water partition coefficient (Wildman–Crippen LogP) is 4.70. The topological polar surface area (TPSA) is 13.1 Å². The minimum atomic E-state index is 0.950. The molecule has 0 atom stereocenters. The summed E-state index contributed by atoms with van der Waals surface area (Å²) < 4.78 is 6.64. The Balaban J connectivity index is 2.23. The average molecular weight is 320 g/mol. The van der Waals surface area contributed by atoms with E-state index < -0.39 is 0 Å². The van der Waals surface area contributed by atoms with Crippen molar-refractivity contribution in [3.05, 3.63) is 58.4 Å². The van der Waals surface area contributed by atoms with Crippen molar-refractivity contribution in [1.29, 1.82) is 0 Å². The summed E-state index contributed by atoms with van der Waals surface area (Å²) in [6, 6.07) is 16.7. The van der Waals surface area contributed by atoms with E-state index in [1.165, 1.54) is 10.8 Å². The molecule has 1 nitrogen and oxygen atoms in total. The second-order valence-electron chi connectivity index (χ2n) is 3.66. The van der Waals surface area contributed by atoms with Crippen LogP contribution in [0.4, 0.5) is 0 Å². The Labute approximate surface area is 107 Å². The number of hydrogen-bond acceptors (Lipinski definition) is 1. The lowest BCUT2D eigenvalue weighted by molar-refractivity contribution is 0.581. The maximum absolute atomic E-state index is 5.49. The van der Waals surface area contributed by atoms with Crippen molar-refractivity contribution in [2.75, 3.05) is 0 Å². The summed E-state index contributed by atoms with van der Waals surface area (Å²) in [4.78, 5) is 0. The molecule has 0 aliphatic heterocycles. The van der Waals surface area contributed by atoms with Gasteiger partial charge in [0.15, 0.2) is 0 Å². The van der Waals surface area contributed by atoms with Gasteiger partial charge in [-0.05, 0) is 45.5 Å². The molecule has 0 amide bonds. The van der Waals surface area contributed by atoms with Crippen LogP contribution in [0.5, 0.6) is 0 Å². The Morgan fingerprint density at radius 1 is 0.875 bits per heavy atom. The van der Waals surface area contributed by atoms with Crippen LogP contribution in [0.1, 0.15) is 0 Å². The quantitative estimate of drug-likeness (QED) is 0.592. The van der Waals surface area contributed by atoms with E-state index in [4.69, 9.17) is 4.42 Å². The highest BCUT2D eigenvalue weighted by molar-refractivity contribution is 14.1. The van der Waals surface area contributed by atoms with E-state index in [1.54, 1.807) is 6.26 Å². The summed E-state index contributed by atoms with van der Waals surface area (Å²) in [6.45, 7) is 0. The molecule has 78 valence electrons. The van der Waals surface area contributed by atoms with Crippen LogP contribution in [-0.4, -0.2) is 0 Å². The van der Waals surface area contributed by atoms with Crippen LogP contribution in [0.2, 0.25) is 0 Å². The largest absolute Gasteiger partial charge is 0.463 e. The molecule has 0 aliphatic carbocycles. The van der Waals surface area contributed by atoms with Crippen LogP contribution in [0, 0.1) is 3.57 Å². The summed E-state index contributed by atoms with van der Waals surface area (Å²) in [5, 5.41) is 2.50. The van der Waals surface area contributed by atoms with Crippen molar-refractivity contribution >= 4 is 33.4 Å². The highest BCUT2D eigenvalue weighted by atomic mass is 127. The number of fused-ring (bicyclic) bond motifs is 1. The van der Waals surface area contributed by atoms with E-state index in [9.17, 15) is 0 Å². The van der Waals surface area contributed by atoms with Crippen LogP contribution >= 0.6 is 22.6 Å². The van der Waals surface area contributed by atoms with E-state index in [1.807, 2.05) is 6.07 Å². The Morgan fingerprint density at radius 3 is 2.44 bits per heavy atom. The summed E-state index contributed by atoms with van der Waals surface area (Å²) in [5.41, 5.74) is 1.13. The van der Waals surface area contributed by atoms with Gasteiger partial charge in [-0.1, -0.05) is 36.4 Å². The first kappa shape index (κ1) is 9.90. The first-order valence-electron chi connectivity index (χ1n) is 5.07. The third-order valence-corrected chi connectivity index (χ3v) is 3.48. The van der Waals surface area contributed by atoms with Crippen molar-refractivity contribution in [1.82, 2.24) is 0 Å². The molecule has 0 bridgehead atoms. The zero-order valence-electron chi connectivity index (χ0n) is 8.48. The van der Waals surface area contributed by atoms with Gasteiger partial charge in [-0.2, -0.15) is 0 Å². The summed E-state index contributed by atoms with van der Waals surface area (Å²) in [7, 11) is 0. The van der Waals surface area contributed by atoms with E-state index in [-0.39, 0.29) is 0 Å². The Morgan fingerprint density at radius 2 is 1.69 bits per heavy atom. The average Bonchev–Trinajstić information content (AvgIpc) is 2.75. The molecule has 3 aromatic rings. The van der Waals surface area contributed by atoms with E-state index >= 15 is 0 Å². The maximum atomic E-state index is 5.49. The molecular formula is C14H9IO. The number of furan rings is 1. The third kappa shape index (κ3) is 1.63. The van der Waals surface area contributed by atoms with Gasteiger partial charge in [0, 0.05) is 5.56 Å². The summed E-state index contributed by atoms with van der Waals surface area (Å²) in [6.07, 6.45) is 1.73. The van der Waals surface area contributed by atoms with Gasteiger partial charge in [0.25, 0.3) is 0 Å². The minimum Gasteiger partial charge on any atom is -0.463 e. The van der Waals surface area contributed by atoms with Crippen LogP contribution in [0.3, 0.4) is 0 Å². The summed E-state index contributed by atoms with van der Waals surface area (Å²) >= 11 is 2.29. The molecule has 0 unspecified atom stereocenters. The lowest BCUT2D eigenvalue weighted by Gasteiger charge is -2.01. The second-order valence-corrected chi connectivity index (χ2v) is 4.82.